The Morgan fingerprint density at radius 3 is 2.84 bits per heavy atom. The number of halogens is 2. The molecule has 1 atom stereocenters. The number of unbranched alkanes of at least 4 members (excludes halogenated alkanes) is 1. The molecule has 3 rings (SSSR count). The Morgan fingerprint density at radius 2 is 2.16 bits per heavy atom. The zero-order chi connectivity index (χ0) is 23.1. The molecule has 0 radical (unpaired) electrons. The number of nitrogens with zero attached hydrogens (tertiary/aromatic N) is 2. The highest BCUT2D eigenvalue weighted by molar-refractivity contribution is 5.68. The molecule has 0 saturated heterocycles. The van der Waals surface area contributed by atoms with Crippen molar-refractivity contribution in [3.05, 3.63) is 46.8 Å². The summed E-state index contributed by atoms with van der Waals surface area (Å²) in [6, 6.07) is 5.32. The summed E-state index contributed by atoms with van der Waals surface area (Å²) >= 11 is 0. The Labute approximate surface area is 187 Å². The molecule has 0 saturated carbocycles. The zero-order valence-electron chi connectivity index (χ0n) is 18.7. The van der Waals surface area contributed by atoms with Crippen molar-refractivity contribution in [1.82, 2.24) is 9.97 Å². The van der Waals surface area contributed by atoms with E-state index in [4.69, 9.17) is 9.72 Å². The summed E-state index contributed by atoms with van der Waals surface area (Å²) in [6.07, 6.45) is 3.97. The maximum atomic E-state index is 14.7. The Kier molecular flexibility index (Phi) is 7.99. The standard InChI is InChI=1S/C24H31F2N3O3/c1-16-12-17-6-5-11-27-23(17)29-20(16)7-3-4-10-24(25,26)14-19(13-22(30)31)18-8-9-21(32-2)28-15-18/h8-9,12,15,19H,3-7,10-11,13-14H2,1-2H3,(H,27,29)(H,30,31)/t19-/m1/s1. The second kappa shape index (κ2) is 10.7. The van der Waals surface area contributed by atoms with Gasteiger partial charge in [-0.3, -0.25) is 4.79 Å². The minimum Gasteiger partial charge on any atom is -0.481 e. The second-order valence-corrected chi connectivity index (χ2v) is 8.49. The number of rotatable bonds is 11. The van der Waals surface area contributed by atoms with Crippen LogP contribution in [-0.2, 0) is 17.6 Å². The average molecular weight is 448 g/mol. The van der Waals surface area contributed by atoms with E-state index in [0.717, 1.165) is 36.5 Å². The van der Waals surface area contributed by atoms with E-state index in [2.05, 4.69) is 16.4 Å². The number of aromatic nitrogens is 2. The van der Waals surface area contributed by atoms with Crippen molar-refractivity contribution < 1.29 is 23.4 Å². The largest absolute Gasteiger partial charge is 0.481 e. The highest BCUT2D eigenvalue weighted by atomic mass is 19.3. The second-order valence-electron chi connectivity index (χ2n) is 8.49. The van der Waals surface area contributed by atoms with Crippen LogP contribution in [0.5, 0.6) is 5.88 Å². The van der Waals surface area contributed by atoms with Gasteiger partial charge >= 0.3 is 5.97 Å². The third-order valence-corrected chi connectivity index (χ3v) is 5.92. The van der Waals surface area contributed by atoms with E-state index in [1.807, 2.05) is 6.92 Å². The van der Waals surface area contributed by atoms with Crippen LogP contribution in [0.2, 0.25) is 0 Å². The molecule has 2 aromatic rings. The van der Waals surface area contributed by atoms with Gasteiger partial charge in [0.25, 0.3) is 0 Å². The normalized spacial score (nSPS) is 14.4. The van der Waals surface area contributed by atoms with E-state index in [0.29, 0.717) is 30.7 Å². The number of carboxylic acids is 1. The third kappa shape index (κ3) is 6.61. The summed E-state index contributed by atoms with van der Waals surface area (Å²) in [4.78, 5) is 20.0. The third-order valence-electron chi connectivity index (χ3n) is 5.92. The first-order valence-corrected chi connectivity index (χ1v) is 11.1. The van der Waals surface area contributed by atoms with Crippen LogP contribution in [0.4, 0.5) is 14.6 Å². The molecule has 8 heteroatoms. The molecule has 1 aliphatic rings. The number of anilines is 1. The van der Waals surface area contributed by atoms with Crippen molar-refractivity contribution >= 4 is 11.8 Å². The maximum Gasteiger partial charge on any atom is 0.303 e. The average Bonchev–Trinajstić information content (AvgIpc) is 2.76. The van der Waals surface area contributed by atoms with Crippen LogP contribution in [0.3, 0.4) is 0 Å². The Hall–Kier alpha value is -2.77. The molecule has 0 spiro atoms. The van der Waals surface area contributed by atoms with E-state index in [9.17, 15) is 18.7 Å². The van der Waals surface area contributed by atoms with Crippen LogP contribution in [0.25, 0.3) is 0 Å². The van der Waals surface area contributed by atoms with Crippen molar-refractivity contribution in [1.29, 1.82) is 0 Å². The minimum absolute atomic E-state index is 0.283. The fourth-order valence-electron chi connectivity index (χ4n) is 4.20. The molecule has 6 nitrogen and oxygen atoms in total. The van der Waals surface area contributed by atoms with Gasteiger partial charge in [-0.1, -0.05) is 12.1 Å². The van der Waals surface area contributed by atoms with Gasteiger partial charge in [0.15, 0.2) is 0 Å². The lowest BCUT2D eigenvalue weighted by Gasteiger charge is -2.23. The van der Waals surface area contributed by atoms with Gasteiger partial charge in [0.2, 0.25) is 11.8 Å². The number of pyridine rings is 2. The van der Waals surface area contributed by atoms with Crippen LogP contribution in [0, 0.1) is 6.92 Å². The molecule has 0 unspecified atom stereocenters. The number of aliphatic carboxylic acids is 1. The predicted octanol–water partition coefficient (Wildman–Crippen LogP) is 5.15. The number of ether oxygens (including phenoxy) is 1. The molecular weight excluding hydrogens is 416 g/mol. The smallest absolute Gasteiger partial charge is 0.303 e. The number of aryl methyl sites for hydroxylation is 3. The molecule has 3 heterocycles. The van der Waals surface area contributed by atoms with E-state index in [1.54, 1.807) is 12.1 Å². The van der Waals surface area contributed by atoms with Gasteiger partial charge < -0.3 is 15.2 Å². The summed E-state index contributed by atoms with van der Waals surface area (Å²) in [5, 5.41) is 12.5. The number of hydrogen-bond acceptors (Lipinski definition) is 5. The van der Waals surface area contributed by atoms with Crippen LogP contribution in [-0.4, -0.2) is 40.6 Å². The summed E-state index contributed by atoms with van der Waals surface area (Å²) in [7, 11) is 1.46. The van der Waals surface area contributed by atoms with Crippen molar-refractivity contribution in [2.45, 2.75) is 70.1 Å². The first-order chi connectivity index (χ1) is 15.3. The first-order valence-electron chi connectivity index (χ1n) is 11.1. The number of hydrogen-bond donors (Lipinski definition) is 2. The van der Waals surface area contributed by atoms with Gasteiger partial charge in [-0.05, 0) is 55.7 Å². The topological polar surface area (TPSA) is 84.3 Å². The van der Waals surface area contributed by atoms with Crippen molar-refractivity contribution in [2.75, 3.05) is 19.0 Å². The van der Waals surface area contributed by atoms with Gasteiger partial charge in [-0.25, -0.2) is 18.7 Å². The number of alkyl halides is 2. The van der Waals surface area contributed by atoms with E-state index < -0.39 is 24.2 Å². The lowest BCUT2D eigenvalue weighted by molar-refractivity contribution is -0.138. The molecule has 0 bridgehead atoms. The molecule has 32 heavy (non-hydrogen) atoms. The Bertz CT molecular complexity index is 919. The van der Waals surface area contributed by atoms with Crippen molar-refractivity contribution in [3.63, 3.8) is 0 Å². The van der Waals surface area contributed by atoms with Crippen LogP contribution < -0.4 is 10.1 Å². The van der Waals surface area contributed by atoms with Gasteiger partial charge in [-0.15, -0.1) is 0 Å². The lowest BCUT2D eigenvalue weighted by Crippen LogP contribution is -2.22. The highest BCUT2D eigenvalue weighted by Gasteiger charge is 2.34. The van der Waals surface area contributed by atoms with Crippen LogP contribution in [0.15, 0.2) is 24.4 Å². The molecule has 1 aliphatic heterocycles. The lowest BCUT2D eigenvalue weighted by atomic mass is 9.89. The monoisotopic (exact) mass is 447 g/mol. The van der Waals surface area contributed by atoms with Gasteiger partial charge in [-0.2, -0.15) is 0 Å². The number of nitrogens with one attached hydrogen (secondary N) is 1. The van der Waals surface area contributed by atoms with Crippen LogP contribution >= 0.6 is 0 Å². The first kappa shape index (κ1) is 23.9. The minimum atomic E-state index is -2.96. The molecule has 0 fully saturated rings. The fraction of sp³-hybridized carbons (Fsp3) is 0.542. The van der Waals surface area contributed by atoms with Crippen molar-refractivity contribution in [3.8, 4) is 5.88 Å². The number of methoxy groups -OCH3 is 1. The van der Waals surface area contributed by atoms with Crippen LogP contribution in [0.1, 0.15) is 66.8 Å². The Morgan fingerprint density at radius 1 is 1.34 bits per heavy atom. The number of carboxylic acid groups (broad SMARTS) is 1. The molecular formula is C24H31F2N3O3. The summed E-state index contributed by atoms with van der Waals surface area (Å²) in [5.74, 6) is -3.59. The predicted molar refractivity (Wildman–Crippen MR) is 119 cm³/mol. The maximum absolute atomic E-state index is 14.7. The Balaban J connectivity index is 1.55. The van der Waals surface area contributed by atoms with E-state index in [1.165, 1.54) is 18.9 Å². The quantitative estimate of drug-likeness (QED) is 0.464. The van der Waals surface area contributed by atoms with Crippen molar-refractivity contribution in [2.24, 2.45) is 0 Å². The van der Waals surface area contributed by atoms with Gasteiger partial charge in [0.1, 0.15) is 5.82 Å². The molecule has 0 aromatic carbocycles. The molecule has 2 N–H and O–H groups in total. The number of fused-ring (bicyclic) bond motifs is 1. The molecule has 0 aliphatic carbocycles. The summed E-state index contributed by atoms with van der Waals surface area (Å²) in [6.45, 7) is 2.93. The zero-order valence-corrected chi connectivity index (χ0v) is 18.7. The van der Waals surface area contributed by atoms with E-state index >= 15 is 0 Å². The summed E-state index contributed by atoms with van der Waals surface area (Å²) in [5.41, 5.74) is 3.76. The van der Waals surface area contributed by atoms with E-state index in [-0.39, 0.29) is 12.8 Å². The highest BCUT2D eigenvalue weighted by Crippen LogP contribution is 2.36. The fourth-order valence-corrected chi connectivity index (χ4v) is 4.20. The molecule has 2 aromatic heterocycles. The number of carbonyl (C=O) groups is 1. The molecule has 0 amide bonds. The SMILES string of the molecule is COc1ccc([C@H](CC(=O)O)CC(F)(F)CCCCc2nc3c(cc2C)CCCN3)cn1. The van der Waals surface area contributed by atoms with Gasteiger partial charge in [0.05, 0.1) is 13.5 Å². The summed E-state index contributed by atoms with van der Waals surface area (Å²) < 4.78 is 34.4. The molecule has 174 valence electrons. The van der Waals surface area contributed by atoms with Gasteiger partial charge in [0, 0.05) is 43.3 Å².